The minimum atomic E-state index is -0.419. The van der Waals surface area contributed by atoms with Crippen molar-refractivity contribution in [3.05, 3.63) is 54.3 Å². The smallest absolute Gasteiger partial charge is 0.241 e. The predicted octanol–water partition coefficient (Wildman–Crippen LogP) is 2.98. The first-order valence-corrected chi connectivity index (χ1v) is 8.77. The van der Waals surface area contributed by atoms with Crippen LogP contribution >= 0.6 is 0 Å². The Morgan fingerprint density at radius 3 is 2.35 bits per heavy atom. The van der Waals surface area contributed by atoms with Crippen molar-refractivity contribution in [2.45, 2.75) is 13.0 Å². The molecule has 2 aromatic carbocycles. The van der Waals surface area contributed by atoms with Gasteiger partial charge in [-0.1, -0.05) is 12.1 Å². The Bertz CT molecular complexity index is 743. The molecular weight excluding hydrogens is 333 g/mol. The largest absolute Gasteiger partial charge is 0.497 e. The fourth-order valence-electron chi connectivity index (χ4n) is 3.13. The van der Waals surface area contributed by atoms with Crippen LogP contribution in [0.15, 0.2) is 48.5 Å². The molecular formula is C20H24FN3O2. The van der Waals surface area contributed by atoms with E-state index in [1.54, 1.807) is 25.3 Å². The normalized spacial score (nSPS) is 16.2. The first kappa shape index (κ1) is 18.2. The number of benzene rings is 2. The molecule has 0 unspecified atom stereocenters. The van der Waals surface area contributed by atoms with E-state index >= 15 is 0 Å². The third kappa shape index (κ3) is 4.14. The van der Waals surface area contributed by atoms with Gasteiger partial charge in [-0.05, 0) is 43.3 Å². The molecule has 1 saturated heterocycles. The molecule has 1 aliphatic rings. The summed E-state index contributed by atoms with van der Waals surface area (Å²) in [7, 11) is 1.65. The molecule has 6 heteroatoms. The molecule has 1 fully saturated rings. The fraction of sp³-hybridized carbons (Fsp3) is 0.350. The van der Waals surface area contributed by atoms with E-state index in [-0.39, 0.29) is 17.6 Å². The van der Waals surface area contributed by atoms with Crippen LogP contribution in [0.25, 0.3) is 0 Å². The average Bonchev–Trinajstić information content (AvgIpc) is 2.69. The molecule has 0 radical (unpaired) electrons. The highest BCUT2D eigenvalue weighted by atomic mass is 19.1. The highest BCUT2D eigenvalue weighted by Gasteiger charge is 2.26. The van der Waals surface area contributed by atoms with Crippen molar-refractivity contribution >= 4 is 17.3 Å². The van der Waals surface area contributed by atoms with E-state index in [0.29, 0.717) is 0 Å². The van der Waals surface area contributed by atoms with E-state index in [2.05, 4.69) is 15.1 Å². The molecule has 1 heterocycles. The number of nitrogens with zero attached hydrogens (tertiary/aromatic N) is 2. The standard InChI is InChI=1S/C20H24FN3O2/c1-15(20(25)22-19-6-4-3-5-18(19)21)23-11-13-24(14-12-23)16-7-9-17(26-2)10-8-16/h3-10,15H,11-14H2,1-2H3,(H,22,25)/t15-/m1/s1. The van der Waals surface area contributed by atoms with Gasteiger partial charge in [0.25, 0.3) is 0 Å². The second kappa shape index (κ2) is 8.19. The molecule has 1 aliphatic heterocycles. The molecule has 0 aliphatic carbocycles. The molecule has 0 saturated carbocycles. The Morgan fingerprint density at radius 1 is 1.08 bits per heavy atom. The number of anilines is 2. The van der Waals surface area contributed by atoms with Crippen LogP contribution in [0.2, 0.25) is 0 Å². The molecule has 5 nitrogen and oxygen atoms in total. The number of carbonyl (C=O) groups is 1. The summed E-state index contributed by atoms with van der Waals surface area (Å²) in [5.41, 5.74) is 1.37. The Morgan fingerprint density at radius 2 is 1.73 bits per heavy atom. The van der Waals surface area contributed by atoms with Crippen LogP contribution in [0.4, 0.5) is 15.8 Å². The molecule has 0 bridgehead atoms. The van der Waals surface area contributed by atoms with Crippen LogP contribution in [0, 0.1) is 5.82 Å². The van der Waals surface area contributed by atoms with E-state index in [0.717, 1.165) is 37.6 Å². The third-order valence-electron chi connectivity index (χ3n) is 4.81. The van der Waals surface area contributed by atoms with E-state index in [1.165, 1.54) is 6.07 Å². The summed E-state index contributed by atoms with van der Waals surface area (Å²) in [6, 6.07) is 13.9. The summed E-state index contributed by atoms with van der Waals surface area (Å²) in [5.74, 6) is 0.233. The number of para-hydroxylation sites is 1. The highest BCUT2D eigenvalue weighted by Crippen LogP contribution is 2.21. The minimum absolute atomic E-state index is 0.187. The van der Waals surface area contributed by atoms with Gasteiger partial charge < -0.3 is 15.0 Å². The molecule has 3 rings (SSSR count). The van der Waals surface area contributed by atoms with Crippen molar-refractivity contribution in [3.63, 3.8) is 0 Å². The Hall–Kier alpha value is -2.60. The zero-order chi connectivity index (χ0) is 18.5. The van der Waals surface area contributed by atoms with Gasteiger partial charge in [-0.25, -0.2) is 4.39 Å². The molecule has 1 atom stereocenters. The first-order chi connectivity index (χ1) is 12.6. The maximum Gasteiger partial charge on any atom is 0.241 e. The lowest BCUT2D eigenvalue weighted by Gasteiger charge is -2.38. The minimum Gasteiger partial charge on any atom is -0.497 e. The van der Waals surface area contributed by atoms with Crippen molar-refractivity contribution in [2.75, 3.05) is 43.5 Å². The lowest BCUT2D eigenvalue weighted by atomic mass is 10.2. The molecule has 2 aromatic rings. The zero-order valence-electron chi connectivity index (χ0n) is 15.1. The second-order valence-electron chi connectivity index (χ2n) is 6.37. The lowest BCUT2D eigenvalue weighted by molar-refractivity contribution is -0.120. The zero-order valence-corrected chi connectivity index (χ0v) is 15.1. The van der Waals surface area contributed by atoms with E-state index in [4.69, 9.17) is 4.74 Å². The van der Waals surface area contributed by atoms with Crippen molar-refractivity contribution in [1.29, 1.82) is 0 Å². The topological polar surface area (TPSA) is 44.8 Å². The van der Waals surface area contributed by atoms with Gasteiger partial charge in [-0.15, -0.1) is 0 Å². The van der Waals surface area contributed by atoms with E-state index < -0.39 is 5.82 Å². The number of rotatable bonds is 5. The Kier molecular flexibility index (Phi) is 5.73. The highest BCUT2D eigenvalue weighted by molar-refractivity contribution is 5.94. The Balaban J connectivity index is 1.55. The summed E-state index contributed by atoms with van der Waals surface area (Å²) < 4.78 is 18.9. The summed E-state index contributed by atoms with van der Waals surface area (Å²) in [6.07, 6.45) is 0. The number of piperazine rings is 1. The summed E-state index contributed by atoms with van der Waals surface area (Å²) in [4.78, 5) is 16.8. The maximum atomic E-state index is 13.7. The summed E-state index contributed by atoms with van der Waals surface area (Å²) >= 11 is 0. The quantitative estimate of drug-likeness (QED) is 0.894. The maximum absolute atomic E-state index is 13.7. The van der Waals surface area contributed by atoms with Gasteiger partial charge in [0.1, 0.15) is 11.6 Å². The van der Waals surface area contributed by atoms with Crippen molar-refractivity contribution in [2.24, 2.45) is 0 Å². The van der Waals surface area contributed by atoms with E-state index in [1.807, 2.05) is 31.2 Å². The van der Waals surface area contributed by atoms with Gasteiger partial charge in [-0.2, -0.15) is 0 Å². The third-order valence-corrected chi connectivity index (χ3v) is 4.81. The van der Waals surface area contributed by atoms with Crippen LogP contribution < -0.4 is 15.0 Å². The molecule has 138 valence electrons. The number of hydrogen-bond acceptors (Lipinski definition) is 4. The monoisotopic (exact) mass is 357 g/mol. The average molecular weight is 357 g/mol. The molecule has 1 N–H and O–H groups in total. The molecule has 1 amide bonds. The summed E-state index contributed by atoms with van der Waals surface area (Å²) in [5, 5.41) is 2.68. The van der Waals surface area contributed by atoms with Gasteiger partial charge in [0.15, 0.2) is 0 Å². The van der Waals surface area contributed by atoms with Gasteiger partial charge in [-0.3, -0.25) is 9.69 Å². The van der Waals surface area contributed by atoms with Crippen LogP contribution in [0.3, 0.4) is 0 Å². The van der Waals surface area contributed by atoms with E-state index in [9.17, 15) is 9.18 Å². The Labute approximate surface area is 153 Å². The number of halogens is 1. The number of carbonyl (C=O) groups excluding carboxylic acids is 1. The van der Waals surface area contributed by atoms with Crippen LogP contribution in [-0.2, 0) is 4.79 Å². The molecule has 0 aromatic heterocycles. The van der Waals surface area contributed by atoms with Gasteiger partial charge in [0.2, 0.25) is 5.91 Å². The number of amides is 1. The lowest BCUT2D eigenvalue weighted by Crippen LogP contribution is -2.52. The number of hydrogen-bond donors (Lipinski definition) is 1. The van der Waals surface area contributed by atoms with Crippen LogP contribution in [-0.4, -0.2) is 50.1 Å². The number of ether oxygens (including phenoxy) is 1. The summed E-state index contributed by atoms with van der Waals surface area (Å²) in [6.45, 7) is 5.09. The molecule has 26 heavy (non-hydrogen) atoms. The number of nitrogens with one attached hydrogen (secondary N) is 1. The van der Waals surface area contributed by atoms with Crippen molar-refractivity contribution in [1.82, 2.24) is 4.90 Å². The SMILES string of the molecule is COc1ccc(N2CCN([C@H](C)C(=O)Nc3ccccc3F)CC2)cc1. The van der Waals surface area contributed by atoms with Gasteiger partial charge in [0.05, 0.1) is 18.8 Å². The second-order valence-corrected chi connectivity index (χ2v) is 6.37. The van der Waals surface area contributed by atoms with Crippen molar-refractivity contribution < 1.29 is 13.9 Å². The van der Waals surface area contributed by atoms with Gasteiger partial charge >= 0.3 is 0 Å². The fourth-order valence-corrected chi connectivity index (χ4v) is 3.13. The van der Waals surface area contributed by atoms with Crippen LogP contribution in [0.5, 0.6) is 5.75 Å². The number of methoxy groups -OCH3 is 1. The molecule has 0 spiro atoms. The predicted molar refractivity (Wildman–Crippen MR) is 101 cm³/mol. The first-order valence-electron chi connectivity index (χ1n) is 8.77. The van der Waals surface area contributed by atoms with Crippen LogP contribution in [0.1, 0.15) is 6.92 Å². The van der Waals surface area contributed by atoms with Gasteiger partial charge in [0, 0.05) is 31.9 Å². The van der Waals surface area contributed by atoms with Crippen molar-refractivity contribution in [3.8, 4) is 5.75 Å².